The normalized spacial score (nSPS) is 14.9. The number of benzene rings is 1. The Morgan fingerprint density at radius 1 is 1.30 bits per heavy atom. The monoisotopic (exact) mass is 279 g/mol. The highest BCUT2D eigenvalue weighted by Gasteiger charge is 2.18. The van der Waals surface area contributed by atoms with Crippen molar-refractivity contribution in [2.24, 2.45) is 0 Å². The molecule has 4 heteroatoms. The molecule has 112 valence electrons. The van der Waals surface area contributed by atoms with Crippen LogP contribution < -0.4 is 19.5 Å². The minimum Gasteiger partial charge on any atom is -0.493 e. The first-order valence-corrected chi connectivity index (χ1v) is 7.44. The average molecular weight is 279 g/mol. The Labute approximate surface area is 121 Å². The molecule has 4 nitrogen and oxygen atoms in total. The molecule has 0 spiro atoms. The molecule has 1 heterocycles. The van der Waals surface area contributed by atoms with Crippen molar-refractivity contribution in [3.8, 4) is 17.2 Å². The third-order valence-corrected chi connectivity index (χ3v) is 3.50. The van der Waals surface area contributed by atoms with Crippen molar-refractivity contribution in [1.82, 2.24) is 5.32 Å². The first-order valence-electron chi connectivity index (χ1n) is 7.44. The summed E-state index contributed by atoms with van der Waals surface area (Å²) >= 11 is 0. The minimum atomic E-state index is 0.522. The van der Waals surface area contributed by atoms with Crippen LogP contribution >= 0.6 is 0 Å². The van der Waals surface area contributed by atoms with E-state index in [0.717, 1.165) is 36.6 Å². The predicted molar refractivity (Wildman–Crippen MR) is 80.1 cm³/mol. The van der Waals surface area contributed by atoms with E-state index >= 15 is 0 Å². The van der Waals surface area contributed by atoms with Crippen molar-refractivity contribution in [3.05, 3.63) is 17.7 Å². The molecular formula is C16H25NO3. The molecule has 0 amide bonds. The molecule has 0 fully saturated rings. The number of hydrogen-bond acceptors (Lipinski definition) is 4. The zero-order chi connectivity index (χ0) is 14.4. The van der Waals surface area contributed by atoms with Gasteiger partial charge in [0, 0.05) is 6.04 Å². The lowest BCUT2D eigenvalue weighted by Crippen LogP contribution is -2.27. The molecule has 0 aromatic heterocycles. The van der Waals surface area contributed by atoms with Crippen LogP contribution in [-0.2, 0) is 6.42 Å². The van der Waals surface area contributed by atoms with Gasteiger partial charge in [-0.15, -0.1) is 0 Å². The predicted octanol–water partition coefficient (Wildman–Crippen LogP) is 2.79. The minimum absolute atomic E-state index is 0.522. The molecular weight excluding hydrogens is 254 g/mol. The summed E-state index contributed by atoms with van der Waals surface area (Å²) in [5.74, 6) is 2.31. The van der Waals surface area contributed by atoms with Crippen LogP contribution in [0.1, 0.15) is 32.3 Å². The third-order valence-electron chi connectivity index (χ3n) is 3.50. The van der Waals surface area contributed by atoms with Crippen molar-refractivity contribution in [2.45, 2.75) is 39.2 Å². The van der Waals surface area contributed by atoms with E-state index in [4.69, 9.17) is 14.2 Å². The van der Waals surface area contributed by atoms with E-state index in [1.165, 1.54) is 12.0 Å². The van der Waals surface area contributed by atoms with Crippen LogP contribution in [0.3, 0.4) is 0 Å². The molecule has 0 bridgehead atoms. The Hall–Kier alpha value is -1.42. The molecule has 0 saturated carbocycles. The van der Waals surface area contributed by atoms with Crippen molar-refractivity contribution in [1.29, 1.82) is 0 Å². The smallest absolute Gasteiger partial charge is 0.203 e. The Balaban J connectivity index is 2.01. The zero-order valence-corrected chi connectivity index (χ0v) is 12.7. The van der Waals surface area contributed by atoms with Crippen LogP contribution in [0.15, 0.2) is 12.1 Å². The summed E-state index contributed by atoms with van der Waals surface area (Å²) in [4.78, 5) is 0. The summed E-state index contributed by atoms with van der Waals surface area (Å²) in [6, 6.07) is 4.65. The van der Waals surface area contributed by atoms with Gasteiger partial charge in [0.1, 0.15) is 13.2 Å². The maximum Gasteiger partial charge on any atom is 0.203 e. The zero-order valence-electron chi connectivity index (χ0n) is 12.7. The molecule has 1 aromatic rings. The number of rotatable bonds is 7. The third kappa shape index (κ3) is 3.79. The van der Waals surface area contributed by atoms with Crippen LogP contribution in [0.25, 0.3) is 0 Å². The van der Waals surface area contributed by atoms with Crippen molar-refractivity contribution in [2.75, 3.05) is 26.9 Å². The quantitative estimate of drug-likeness (QED) is 0.833. The highest BCUT2D eigenvalue weighted by molar-refractivity contribution is 5.54. The first-order chi connectivity index (χ1) is 9.74. The van der Waals surface area contributed by atoms with Crippen LogP contribution in [-0.4, -0.2) is 32.9 Å². The highest BCUT2D eigenvalue weighted by atomic mass is 16.6. The second kappa shape index (κ2) is 7.39. The van der Waals surface area contributed by atoms with Gasteiger partial charge >= 0.3 is 0 Å². The first kappa shape index (κ1) is 15.0. The van der Waals surface area contributed by atoms with Crippen LogP contribution in [0, 0.1) is 0 Å². The van der Waals surface area contributed by atoms with E-state index < -0.39 is 0 Å². The Morgan fingerprint density at radius 2 is 2.10 bits per heavy atom. The number of aryl methyl sites for hydroxylation is 1. The number of fused-ring (bicyclic) bond motifs is 1. The maximum atomic E-state index is 5.66. The number of ether oxygens (including phenoxy) is 3. The van der Waals surface area contributed by atoms with Gasteiger partial charge in [0.05, 0.1) is 7.11 Å². The van der Waals surface area contributed by atoms with Gasteiger partial charge in [-0.3, -0.25) is 0 Å². The van der Waals surface area contributed by atoms with Crippen LogP contribution in [0.5, 0.6) is 17.2 Å². The van der Waals surface area contributed by atoms with Gasteiger partial charge in [-0.05, 0) is 50.4 Å². The van der Waals surface area contributed by atoms with E-state index in [9.17, 15) is 0 Å². The van der Waals surface area contributed by atoms with Gasteiger partial charge in [-0.2, -0.15) is 0 Å². The lowest BCUT2D eigenvalue weighted by atomic mass is 10.0. The Bertz CT molecular complexity index is 417. The van der Waals surface area contributed by atoms with Crippen molar-refractivity contribution < 1.29 is 14.2 Å². The summed E-state index contributed by atoms with van der Waals surface area (Å²) in [7, 11) is 1.67. The number of methoxy groups -OCH3 is 1. The van der Waals surface area contributed by atoms with E-state index in [0.29, 0.717) is 19.3 Å². The summed E-state index contributed by atoms with van der Waals surface area (Å²) in [6.07, 6.45) is 3.27. The van der Waals surface area contributed by atoms with Gasteiger partial charge in [0.2, 0.25) is 5.75 Å². The molecule has 1 atom stereocenters. The lowest BCUT2D eigenvalue weighted by molar-refractivity contribution is 0.165. The van der Waals surface area contributed by atoms with Gasteiger partial charge < -0.3 is 19.5 Å². The number of hydrogen-bond donors (Lipinski definition) is 1. The molecule has 1 N–H and O–H groups in total. The summed E-state index contributed by atoms with van der Waals surface area (Å²) in [5, 5.41) is 3.51. The van der Waals surface area contributed by atoms with E-state index in [1.54, 1.807) is 7.11 Å². The molecule has 1 unspecified atom stereocenters. The molecule has 1 aliphatic heterocycles. The van der Waals surface area contributed by atoms with Gasteiger partial charge in [0.25, 0.3) is 0 Å². The summed E-state index contributed by atoms with van der Waals surface area (Å²) in [5.41, 5.74) is 1.23. The second-order valence-electron chi connectivity index (χ2n) is 5.22. The molecule has 20 heavy (non-hydrogen) atoms. The maximum absolute atomic E-state index is 5.66. The fraction of sp³-hybridized carbons (Fsp3) is 0.625. The topological polar surface area (TPSA) is 39.7 Å². The fourth-order valence-corrected chi connectivity index (χ4v) is 2.35. The number of nitrogens with one attached hydrogen (secondary N) is 1. The van der Waals surface area contributed by atoms with Gasteiger partial charge in [0.15, 0.2) is 11.5 Å². The molecule has 0 aliphatic carbocycles. The van der Waals surface area contributed by atoms with Crippen LogP contribution in [0.2, 0.25) is 0 Å². The SMILES string of the molecule is CCCNC(C)CCc1cc(OC)c2c(c1)OCCO2. The Kier molecular flexibility index (Phi) is 5.53. The largest absolute Gasteiger partial charge is 0.493 e. The standard InChI is InChI=1S/C16H25NO3/c1-4-7-17-12(2)5-6-13-10-14(18-3)16-15(11-13)19-8-9-20-16/h10-12,17H,4-9H2,1-3H3. The average Bonchev–Trinajstić information content (AvgIpc) is 2.49. The molecule has 2 rings (SSSR count). The van der Waals surface area contributed by atoms with Gasteiger partial charge in [-0.1, -0.05) is 6.92 Å². The fourth-order valence-electron chi connectivity index (χ4n) is 2.35. The van der Waals surface area contributed by atoms with Crippen molar-refractivity contribution >= 4 is 0 Å². The van der Waals surface area contributed by atoms with E-state index in [2.05, 4.69) is 31.3 Å². The van der Waals surface area contributed by atoms with Crippen molar-refractivity contribution in [3.63, 3.8) is 0 Å². The van der Waals surface area contributed by atoms with E-state index in [1.807, 2.05) is 0 Å². The molecule has 1 aliphatic rings. The lowest BCUT2D eigenvalue weighted by Gasteiger charge is -2.22. The van der Waals surface area contributed by atoms with Crippen LogP contribution in [0.4, 0.5) is 0 Å². The van der Waals surface area contributed by atoms with E-state index in [-0.39, 0.29) is 0 Å². The Morgan fingerprint density at radius 3 is 2.85 bits per heavy atom. The van der Waals surface area contributed by atoms with Gasteiger partial charge in [-0.25, -0.2) is 0 Å². The summed E-state index contributed by atoms with van der Waals surface area (Å²) in [6.45, 7) is 6.68. The molecule has 1 aromatic carbocycles. The highest BCUT2D eigenvalue weighted by Crippen LogP contribution is 2.40. The summed E-state index contributed by atoms with van der Waals surface area (Å²) < 4.78 is 16.7. The second-order valence-corrected chi connectivity index (χ2v) is 5.22. The molecule has 0 saturated heterocycles. The molecule has 0 radical (unpaired) electrons.